The zero-order valence-corrected chi connectivity index (χ0v) is 15.3. The Hall–Kier alpha value is -1.03. The Bertz CT molecular complexity index is 641. The van der Waals surface area contributed by atoms with Crippen molar-refractivity contribution in [2.45, 2.75) is 44.1 Å². The van der Waals surface area contributed by atoms with Crippen LogP contribution >= 0.6 is 22.9 Å². The van der Waals surface area contributed by atoms with Crippen molar-refractivity contribution in [2.75, 3.05) is 18.5 Å². The normalized spacial score (nSPS) is 23.6. The lowest BCUT2D eigenvalue weighted by Crippen LogP contribution is -2.44. The predicted molar refractivity (Wildman–Crippen MR) is 99.8 cm³/mol. The summed E-state index contributed by atoms with van der Waals surface area (Å²) in [5, 5.41) is 6.48. The molecule has 1 aromatic heterocycles. The predicted octanol–water partition coefficient (Wildman–Crippen LogP) is 5.73. The van der Waals surface area contributed by atoms with E-state index < -0.39 is 0 Å². The third-order valence-electron chi connectivity index (χ3n) is 4.64. The first-order valence-corrected chi connectivity index (χ1v) is 9.42. The highest BCUT2D eigenvalue weighted by Gasteiger charge is 2.42. The Kier molecular flexibility index (Phi) is 5.00. The maximum absolute atomic E-state index is 6.06. The number of benzene rings is 1. The van der Waals surface area contributed by atoms with Gasteiger partial charge in [-0.25, -0.2) is 0 Å². The number of thiophene rings is 1. The highest BCUT2D eigenvalue weighted by molar-refractivity contribution is 7.10. The van der Waals surface area contributed by atoms with E-state index in [0.717, 1.165) is 43.1 Å². The van der Waals surface area contributed by atoms with E-state index in [1.807, 2.05) is 29.5 Å². The van der Waals surface area contributed by atoms with Crippen molar-refractivity contribution < 1.29 is 4.74 Å². The van der Waals surface area contributed by atoms with E-state index in [1.54, 1.807) is 0 Å². The third kappa shape index (κ3) is 4.09. The zero-order chi connectivity index (χ0) is 16.3. The second-order valence-corrected chi connectivity index (χ2v) is 8.36. The van der Waals surface area contributed by atoms with Crippen molar-refractivity contribution in [2.24, 2.45) is 0 Å². The van der Waals surface area contributed by atoms with E-state index in [-0.39, 0.29) is 11.0 Å². The van der Waals surface area contributed by atoms with Crippen LogP contribution < -0.4 is 5.32 Å². The topological polar surface area (TPSA) is 21.3 Å². The van der Waals surface area contributed by atoms with E-state index in [2.05, 4.69) is 42.7 Å². The lowest BCUT2D eigenvalue weighted by atomic mass is 9.70. The smallest absolute Gasteiger partial charge is 0.0635 e. The Morgan fingerprint density at radius 3 is 2.83 bits per heavy atom. The Morgan fingerprint density at radius 2 is 2.13 bits per heavy atom. The van der Waals surface area contributed by atoms with Gasteiger partial charge in [0.25, 0.3) is 0 Å². The molecule has 0 radical (unpaired) electrons. The molecule has 0 bridgehead atoms. The van der Waals surface area contributed by atoms with Gasteiger partial charge in [-0.2, -0.15) is 0 Å². The van der Waals surface area contributed by atoms with Crippen LogP contribution in [0.25, 0.3) is 0 Å². The molecule has 1 saturated heterocycles. The van der Waals surface area contributed by atoms with Crippen molar-refractivity contribution in [1.29, 1.82) is 0 Å². The van der Waals surface area contributed by atoms with Crippen LogP contribution in [0, 0.1) is 0 Å². The number of hydrogen-bond acceptors (Lipinski definition) is 3. The second kappa shape index (κ2) is 6.84. The number of rotatable bonds is 5. The maximum Gasteiger partial charge on any atom is 0.0635 e. The molecule has 1 fully saturated rings. The highest BCUT2D eigenvalue weighted by atomic mass is 35.5. The van der Waals surface area contributed by atoms with Gasteiger partial charge in [-0.1, -0.05) is 23.7 Å². The molecule has 1 aliphatic heterocycles. The van der Waals surface area contributed by atoms with Crippen LogP contribution in [0.2, 0.25) is 5.02 Å². The van der Waals surface area contributed by atoms with E-state index in [1.165, 1.54) is 4.88 Å². The molecule has 0 amide bonds. The summed E-state index contributed by atoms with van der Waals surface area (Å²) < 4.78 is 5.97. The van der Waals surface area contributed by atoms with Crippen molar-refractivity contribution in [1.82, 2.24) is 0 Å². The minimum absolute atomic E-state index is 0.0572. The molecule has 124 valence electrons. The second-order valence-electron chi connectivity index (χ2n) is 6.98. The lowest BCUT2D eigenvalue weighted by molar-refractivity contribution is -0.0827. The average Bonchev–Trinajstić information content (AvgIpc) is 3.01. The Balaban J connectivity index is 1.72. The molecule has 4 heteroatoms. The minimum Gasteiger partial charge on any atom is -0.385 e. The van der Waals surface area contributed by atoms with Crippen LogP contribution in [0.1, 0.15) is 38.0 Å². The van der Waals surface area contributed by atoms with Crippen LogP contribution in [0.3, 0.4) is 0 Å². The number of ether oxygens (including phenoxy) is 1. The van der Waals surface area contributed by atoms with Gasteiger partial charge in [0.1, 0.15) is 0 Å². The van der Waals surface area contributed by atoms with Crippen LogP contribution in [-0.4, -0.2) is 18.8 Å². The summed E-state index contributed by atoms with van der Waals surface area (Å²) in [7, 11) is 0. The fraction of sp³-hybridized carbons (Fsp3) is 0.474. The molecule has 1 N–H and O–H groups in total. The van der Waals surface area contributed by atoms with Gasteiger partial charge in [0, 0.05) is 34.2 Å². The van der Waals surface area contributed by atoms with Gasteiger partial charge < -0.3 is 10.1 Å². The minimum atomic E-state index is -0.0572. The summed E-state index contributed by atoms with van der Waals surface area (Å²) in [5.74, 6) is 0. The van der Waals surface area contributed by atoms with Gasteiger partial charge in [-0.05, 0) is 62.8 Å². The van der Waals surface area contributed by atoms with Gasteiger partial charge in [-0.3, -0.25) is 0 Å². The quantitative estimate of drug-likeness (QED) is 0.744. The molecule has 0 saturated carbocycles. The zero-order valence-electron chi connectivity index (χ0n) is 13.8. The first-order chi connectivity index (χ1) is 11.0. The summed E-state index contributed by atoms with van der Waals surface area (Å²) in [6.07, 6.45) is 3.26. The van der Waals surface area contributed by atoms with Gasteiger partial charge in [0.2, 0.25) is 0 Å². The first-order valence-electron chi connectivity index (χ1n) is 8.17. The van der Waals surface area contributed by atoms with Crippen molar-refractivity contribution in [3.05, 3.63) is 51.7 Å². The standard InChI is InChI=1S/C19H24ClNOS/c1-18(2)14-19(9-11-22-18,17-7-4-12-23-17)8-10-21-16-6-3-5-15(20)13-16/h3-7,12-13,21H,8-11,14H2,1-2H3. The molecule has 1 aliphatic rings. The molecule has 2 aromatic rings. The molecule has 2 heterocycles. The maximum atomic E-state index is 6.06. The molecule has 1 aromatic carbocycles. The Morgan fingerprint density at radius 1 is 1.26 bits per heavy atom. The molecule has 23 heavy (non-hydrogen) atoms. The largest absolute Gasteiger partial charge is 0.385 e. The molecular weight excluding hydrogens is 326 g/mol. The highest BCUT2D eigenvalue weighted by Crippen LogP contribution is 2.45. The summed E-state index contributed by atoms with van der Waals surface area (Å²) in [5.41, 5.74) is 1.24. The molecule has 1 unspecified atom stereocenters. The fourth-order valence-corrected chi connectivity index (χ4v) is 4.83. The van der Waals surface area contributed by atoms with E-state index in [0.29, 0.717) is 0 Å². The van der Waals surface area contributed by atoms with Crippen LogP contribution in [-0.2, 0) is 10.2 Å². The molecule has 0 spiro atoms. The summed E-state index contributed by atoms with van der Waals surface area (Å²) in [6.45, 7) is 6.19. The number of anilines is 1. The number of halogens is 1. The lowest BCUT2D eigenvalue weighted by Gasteiger charge is -2.44. The summed E-state index contributed by atoms with van der Waals surface area (Å²) in [6, 6.07) is 12.4. The molecule has 3 rings (SSSR count). The number of hydrogen-bond donors (Lipinski definition) is 1. The summed E-state index contributed by atoms with van der Waals surface area (Å²) in [4.78, 5) is 1.49. The van der Waals surface area contributed by atoms with Gasteiger partial charge in [-0.15, -0.1) is 11.3 Å². The molecule has 2 nitrogen and oxygen atoms in total. The van der Waals surface area contributed by atoms with Crippen molar-refractivity contribution in [3.63, 3.8) is 0 Å². The third-order valence-corrected chi connectivity index (χ3v) is 5.99. The van der Waals surface area contributed by atoms with Crippen LogP contribution in [0.5, 0.6) is 0 Å². The molecular formula is C19H24ClNOS. The Labute approximate surface area is 147 Å². The van der Waals surface area contributed by atoms with Gasteiger partial charge >= 0.3 is 0 Å². The monoisotopic (exact) mass is 349 g/mol. The van der Waals surface area contributed by atoms with Gasteiger partial charge in [0.05, 0.1) is 5.60 Å². The van der Waals surface area contributed by atoms with Crippen LogP contribution in [0.4, 0.5) is 5.69 Å². The average molecular weight is 350 g/mol. The summed E-state index contributed by atoms with van der Waals surface area (Å²) >= 11 is 7.94. The van der Waals surface area contributed by atoms with E-state index in [4.69, 9.17) is 16.3 Å². The number of nitrogens with one attached hydrogen (secondary N) is 1. The van der Waals surface area contributed by atoms with E-state index in [9.17, 15) is 0 Å². The molecule has 1 atom stereocenters. The SMILES string of the molecule is CC1(C)CC(CCNc2cccc(Cl)c2)(c2cccs2)CCO1. The first kappa shape index (κ1) is 16.8. The van der Waals surface area contributed by atoms with Crippen LogP contribution in [0.15, 0.2) is 41.8 Å². The van der Waals surface area contributed by atoms with Crippen molar-refractivity contribution >= 4 is 28.6 Å². The van der Waals surface area contributed by atoms with Crippen molar-refractivity contribution in [3.8, 4) is 0 Å². The fourth-order valence-electron chi connectivity index (χ4n) is 3.65. The van der Waals surface area contributed by atoms with E-state index >= 15 is 0 Å². The van der Waals surface area contributed by atoms with Gasteiger partial charge in [0.15, 0.2) is 0 Å². The molecule has 0 aliphatic carbocycles.